The van der Waals surface area contributed by atoms with Crippen LogP contribution in [0.25, 0.3) is 0 Å². The zero-order chi connectivity index (χ0) is 35.8. The summed E-state index contributed by atoms with van der Waals surface area (Å²) < 4.78 is 25.3. The lowest BCUT2D eigenvalue weighted by Crippen LogP contribution is -2.38. The van der Waals surface area contributed by atoms with Crippen molar-refractivity contribution in [2.75, 3.05) is 30.6 Å². The van der Waals surface area contributed by atoms with E-state index < -0.39 is 16.1 Å². The molecule has 0 spiro atoms. The van der Waals surface area contributed by atoms with Crippen LogP contribution in [0.15, 0.2) is 66.7 Å². The molecule has 0 heterocycles. The molecule has 0 saturated carbocycles. The summed E-state index contributed by atoms with van der Waals surface area (Å²) in [6.45, 7) is 11.2. The Labute approximate surface area is 296 Å². The van der Waals surface area contributed by atoms with E-state index in [-0.39, 0.29) is 17.4 Å². The fraction of sp³-hybridized carbons (Fsp3) is 0.550. The third-order valence-electron chi connectivity index (χ3n) is 9.28. The third-order valence-corrected chi connectivity index (χ3v) is 9.87. The van der Waals surface area contributed by atoms with Gasteiger partial charge in [0.2, 0.25) is 10.0 Å². The van der Waals surface area contributed by atoms with Gasteiger partial charge in [-0.1, -0.05) is 87.1 Å². The lowest BCUT2D eigenvalue weighted by molar-refractivity contribution is 0.170. The van der Waals surface area contributed by atoms with Crippen LogP contribution in [0, 0.1) is 0 Å². The molecule has 0 radical (unpaired) electrons. The van der Waals surface area contributed by atoms with E-state index in [4.69, 9.17) is 0 Å². The van der Waals surface area contributed by atoms with E-state index in [2.05, 4.69) is 85.1 Å². The number of phenolic OH excluding ortho intramolecular Hbond substituents is 2. The largest absolute Gasteiger partial charge is 0.508 e. The molecule has 0 bridgehead atoms. The molecule has 0 saturated heterocycles. The summed E-state index contributed by atoms with van der Waals surface area (Å²) in [4.78, 5) is 2.53. The molecular weight excluding hydrogens is 635 g/mol. The molecule has 272 valence electrons. The molecule has 8 nitrogen and oxygen atoms in total. The first-order valence-electron chi connectivity index (χ1n) is 18.2. The van der Waals surface area contributed by atoms with Crippen LogP contribution >= 0.6 is 0 Å². The number of aromatic hydroxyl groups is 2. The number of aryl methyl sites for hydroxylation is 1. The molecular formula is C40H61N3O5S. The Morgan fingerprint density at radius 2 is 1.35 bits per heavy atom. The first-order valence-corrected chi connectivity index (χ1v) is 20.1. The van der Waals surface area contributed by atoms with Gasteiger partial charge in [0.05, 0.1) is 18.0 Å². The minimum Gasteiger partial charge on any atom is -0.508 e. The van der Waals surface area contributed by atoms with Crippen molar-refractivity contribution < 1.29 is 23.7 Å². The zero-order valence-electron chi connectivity index (χ0n) is 30.4. The molecule has 3 rings (SSSR count). The van der Waals surface area contributed by atoms with Crippen molar-refractivity contribution in [1.29, 1.82) is 0 Å². The van der Waals surface area contributed by atoms with Gasteiger partial charge in [-0.25, -0.2) is 8.42 Å². The highest BCUT2D eigenvalue weighted by Gasteiger charge is 2.22. The van der Waals surface area contributed by atoms with E-state index in [1.165, 1.54) is 55.4 Å². The summed E-state index contributed by atoms with van der Waals surface area (Å²) in [7, 11) is -3.53. The predicted molar refractivity (Wildman–Crippen MR) is 203 cm³/mol. The first-order chi connectivity index (χ1) is 23.4. The number of hydrogen-bond donors (Lipinski definition) is 5. The lowest BCUT2D eigenvalue weighted by atomic mass is 9.86. The van der Waals surface area contributed by atoms with Crippen molar-refractivity contribution in [3.8, 4) is 11.5 Å². The second kappa shape index (κ2) is 20.5. The molecule has 0 aliphatic carbocycles. The van der Waals surface area contributed by atoms with E-state index in [0.29, 0.717) is 29.9 Å². The molecule has 49 heavy (non-hydrogen) atoms. The first kappa shape index (κ1) is 40.3. The fourth-order valence-electron chi connectivity index (χ4n) is 6.66. The summed E-state index contributed by atoms with van der Waals surface area (Å²) in [5, 5.41) is 34.6. The number of hydrogen-bond acceptors (Lipinski definition) is 7. The van der Waals surface area contributed by atoms with Gasteiger partial charge in [0.25, 0.3) is 0 Å². The van der Waals surface area contributed by atoms with Gasteiger partial charge >= 0.3 is 0 Å². The molecule has 9 heteroatoms. The van der Waals surface area contributed by atoms with Crippen LogP contribution in [0.3, 0.4) is 0 Å². The molecule has 0 amide bonds. The molecule has 0 unspecified atom stereocenters. The SMILES string of the molecule is CC(C)N(CC[C@H](c1ccccc1)c1cc(CCCCCCCCCCNC[C@H](O)c2ccc(O)c(NS(C)(=O)=O)c2)ccc1O)C(C)C. The minimum atomic E-state index is -3.53. The number of benzene rings is 3. The van der Waals surface area contributed by atoms with Crippen LogP contribution in [0.4, 0.5) is 5.69 Å². The van der Waals surface area contributed by atoms with E-state index in [9.17, 15) is 23.7 Å². The van der Waals surface area contributed by atoms with E-state index >= 15 is 0 Å². The Balaban J connectivity index is 1.34. The van der Waals surface area contributed by atoms with E-state index in [1.807, 2.05) is 6.07 Å². The second-order valence-corrected chi connectivity index (χ2v) is 15.8. The number of sulfonamides is 1. The lowest BCUT2D eigenvalue weighted by Gasteiger charge is -2.32. The Bertz CT molecular complexity index is 1490. The smallest absolute Gasteiger partial charge is 0.229 e. The number of rotatable bonds is 23. The molecule has 0 aliphatic heterocycles. The van der Waals surface area contributed by atoms with Crippen LogP contribution in [-0.4, -0.2) is 66.6 Å². The van der Waals surface area contributed by atoms with Gasteiger partial charge in [0.1, 0.15) is 11.5 Å². The van der Waals surface area contributed by atoms with Crippen LogP contribution in [-0.2, 0) is 16.4 Å². The van der Waals surface area contributed by atoms with Gasteiger partial charge in [-0.2, -0.15) is 0 Å². The Kier molecular flexibility index (Phi) is 16.9. The predicted octanol–water partition coefficient (Wildman–Crippen LogP) is 8.10. The molecule has 3 aromatic carbocycles. The quantitative estimate of drug-likeness (QED) is 0.0502. The van der Waals surface area contributed by atoms with E-state index in [1.54, 1.807) is 6.07 Å². The average Bonchev–Trinajstić information content (AvgIpc) is 3.05. The molecule has 2 atom stereocenters. The monoisotopic (exact) mass is 695 g/mol. The summed E-state index contributed by atoms with van der Waals surface area (Å²) in [6.07, 6.45) is 11.6. The number of unbranched alkanes of at least 4 members (excludes halogenated alkanes) is 7. The molecule has 5 N–H and O–H groups in total. The number of nitrogens with one attached hydrogen (secondary N) is 2. The fourth-order valence-corrected chi connectivity index (χ4v) is 7.22. The highest BCUT2D eigenvalue weighted by Crippen LogP contribution is 2.35. The maximum atomic E-state index is 11.5. The Morgan fingerprint density at radius 1 is 0.735 bits per heavy atom. The van der Waals surface area contributed by atoms with Crippen molar-refractivity contribution in [2.45, 2.75) is 116 Å². The maximum Gasteiger partial charge on any atom is 0.229 e. The van der Waals surface area contributed by atoms with Crippen molar-refractivity contribution in [3.63, 3.8) is 0 Å². The molecule has 0 aromatic heterocycles. The average molecular weight is 696 g/mol. The standard InChI is InChI=1S/C40H61N3O5S/c1-30(2)43(31(3)4)26-24-35(33-18-14-12-15-19-33)36-27-32(20-22-38(36)44)17-13-10-8-6-7-9-11-16-25-41-29-40(46)34-21-23-39(45)37(28-34)42-49(5,47)48/h12,14-15,18-23,27-28,30-31,35,40-42,44-46H,6-11,13,16-17,24-26,29H2,1-5H3/t35-,40+/m1/s1. The zero-order valence-corrected chi connectivity index (χ0v) is 31.2. The number of phenols is 2. The summed E-state index contributed by atoms with van der Waals surface area (Å²) in [5.41, 5.74) is 4.19. The summed E-state index contributed by atoms with van der Waals surface area (Å²) in [5.74, 6) is 0.361. The highest BCUT2D eigenvalue weighted by molar-refractivity contribution is 7.92. The van der Waals surface area contributed by atoms with Crippen molar-refractivity contribution >= 4 is 15.7 Å². The summed E-state index contributed by atoms with van der Waals surface area (Å²) >= 11 is 0. The van der Waals surface area contributed by atoms with Gasteiger partial charge in [-0.15, -0.1) is 0 Å². The maximum absolute atomic E-state index is 11.5. The number of aliphatic hydroxyl groups is 1. The van der Waals surface area contributed by atoms with Gasteiger partial charge < -0.3 is 20.6 Å². The van der Waals surface area contributed by atoms with Crippen LogP contribution in [0.2, 0.25) is 0 Å². The van der Waals surface area contributed by atoms with Gasteiger partial charge in [0, 0.05) is 30.1 Å². The molecule has 0 fully saturated rings. The van der Waals surface area contributed by atoms with Crippen LogP contribution in [0.5, 0.6) is 11.5 Å². The van der Waals surface area contributed by atoms with Gasteiger partial charge in [0.15, 0.2) is 0 Å². The van der Waals surface area contributed by atoms with Gasteiger partial charge in [-0.3, -0.25) is 9.62 Å². The Hall–Kier alpha value is -3.11. The third kappa shape index (κ3) is 14.3. The number of aliphatic hydroxyl groups excluding tert-OH is 1. The number of anilines is 1. The normalized spacial score (nSPS) is 13.3. The minimum absolute atomic E-state index is 0.0619. The topological polar surface area (TPSA) is 122 Å². The molecule has 3 aromatic rings. The van der Waals surface area contributed by atoms with Crippen LogP contribution < -0.4 is 10.0 Å². The van der Waals surface area contributed by atoms with Crippen molar-refractivity contribution in [2.24, 2.45) is 0 Å². The highest BCUT2D eigenvalue weighted by atomic mass is 32.2. The van der Waals surface area contributed by atoms with Gasteiger partial charge in [-0.05, 0) is 101 Å². The second-order valence-electron chi connectivity index (χ2n) is 14.0. The van der Waals surface area contributed by atoms with Crippen LogP contribution in [0.1, 0.15) is 120 Å². The van der Waals surface area contributed by atoms with Crippen molar-refractivity contribution in [1.82, 2.24) is 10.2 Å². The number of nitrogens with zero attached hydrogens (tertiary/aromatic N) is 1. The Morgan fingerprint density at radius 3 is 1.98 bits per heavy atom. The summed E-state index contributed by atoms with van der Waals surface area (Å²) in [6, 6.07) is 22.2. The van der Waals surface area contributed by atoms with E-state index in [0.717, 1.165) is 57.0 Å². The molecule has 0 aliphatic rings. The van der Waals surface area contributed by atoms with Crippen molar-refractivity contribution in [3.05, 3.63) is 89.0 Å².